The highest BCUT2D eigenvalue weighted by Crippen LogP contribution is 2.32. The van der Waals surface area contributed by atoms with E-state index in [0.29, 0.717) is 23.6 Å². The summed E-state index contributed by atoms with van der Waals surface area (Å²) in [4.78, 5) is 25.7. The first-order valence-electron chi connectivity index (χ1n) is 10.3. The number of aromatic nitrogens is 4. The molecule has 10 heteroatoms. The van der Waals surface area contributed by atoms with Crippen molar-refractivity contribution in [3.05, 3.63) is 24.5 Å². The van der Waals surface area contributed by atoms with Gasteiger partial charge in [-0.25, -0.2) is 15.2 Å². The zero-order valence-corrected chi connectivity index (χ0v) is 17.0. The number of hydrogen-bond donors (Lipinski definition) is 1. The van der Waals surface area contributed by atoms with Crippen LogP contribution in [0.3, 0.4) is 0 Å². The average molecular weight is 411 g/mol. The van der Waals surface area contributed by atoms with Gasteiger partial charge in [0.1, 0.15) is 12.3 Å². The maximum absolute atomic E-state index is 12.3. The Labute approximate surface area is 174 Å². The Morgan fingerprint density at radius 2 is 2.10 bits per heavy atom. The summed E-state index contributed by atoms with van der Waals surface area (Å²) in [6.45, 7) is 5.88. The fourth-order valence-electron chi connectivity index (χ4n) is 4.03. The molecule has 1 amide bonds. The molecule has 0 bridgehead atoms. The lowest BCUT2D eigenvalue weighted by atomic mass is 10.2. The Balaban J connectivity index is 1.77. The summed E-state index contributed by atoms with van der Waals surface area (Å²) in [5, 5.41) is 11.2. The number of hydrazine groups is 1. The number of amides is 1. The van der Waals surface area contributed by atoms with E-state index in [1.54, 1.807) is 18.3 Å². The van der Waals surface area contributed by atoms with Crippen molar-refractivity contribution in [2.45, 2.75) is 64.1 Å². The summed E-state index contributed by atoms with van der Waals surface area (Å²) in [6.07, 6.45) is 7.60. The van der Waals surface area contributed by atoms with Crippen molar-refractivity contribution in [2.75, 3.05) is 11.6 Å². The number of allylic oxidation sites excluding steroid dienone is 1. The highest BCUT2D eigenvalue weighted by atomic mass is 16.6. The minimum absolute atomic E-state index is 0.00752. The summed E-state index contributed by atoms with van der Waals surface area (Å²) in [6, 6.07) is 2.04. The second-order valence-electron chi connectivity index (χ2n) is 7.64. The van der Waals surface area contributed by atoms with Gasteiger partial charge in [0, 0.05) is 6.61 Å². The van der Waals surface area contributed by atoms with Crippen LogP contribution in [0.15, 0.2) is 18.7 Å². The molecule has 1 saturated carbocycles. The number of carbonyl (C=O) groups is 1. The second kappa shape index (κ2) is 8.67. The van der Waals surface area contributed by atoms with E-state index in [4.69, 9.17) is 9.47 Å². The largest absolute Gasteiger partial charge is 0.431 e. The van der Waals surface area contributed by atoms with E-state index >= 15 is 0 Å². The van der Waals surface area contributed by atoms with Crippen molar-refractivity contribution < 1.29 is 14.3 Å². The topological polar surface area (TPSA) is 118 Å². The summed E-state index contributed by atoms with van der Waals surface area (Å²) in [5.74, 6) is 0.674. The molecule has 2 aromatic heterocycles. The van der Waals surface area contributed by atoms with E-state index in [1.165, 1.54) is 0 Å². The van der Waals surface area contributed by atoms with Gasteiger partial charge in [-0.15, -0.1) is 0 Å². The molecule has 1 aliphatic heterocycles. The van der Waals surface area contributed by atoms with Crippen LogP contribution in [0.1, 0.15) is 63.9 Å². The molecule has 1 atom stereocenters. The molecule has 0 aromatic carbocycles. The van der Waals surface area contributed by atoms with Crippen LogP contribution in [-0.2, 0) is 9.47 Å². The molecule has 0 radical (unpaired) electrons. The van der Waals surface area contributed by atoms with E-state index in [9.17, 15) is 10.1 Å². The van der Waals surface area contributed by atoms with Gasteiger partial charge in [-0.1, -0.05) is 19.4 Å². The Kier molecular flexibility index (Phi) is 5.81. The lowest BCUT2D eigenvalue weighted by molar-refractivity contribution is -0.0298. The van der Waals surface area contributed by atoms with Gasteiger partial charge in [-0.3, -0.25) is 9.58 Å². The fourth-order valence-corrected chi connectivity index (χ4v) is 4.03. The Morgan fingerprint density at radius 1 is 1.33 bits per heavy atom. The number of nitriles is 1. The maximum atomic E-state index is 12.3. The smallest absolute Gasteiger partial charge is 0.415 e. The molecule has 1 N–H and O–H groups in total. The first-order valence-corrected chi connectivity index (χ1v) is 10.3. The monoisotopic (exact) mass is 411 g/mol. The first kappa shape index (κ1) is 20.1. The molecule has 2 aromatic rings. The predicted molar refractivity (Wildman–Crippen MR) is 108 cm³/mol. The van der Waals surface area contributed by atoms with Crippen molar-refractivity contribution >= 4 is 23.1 Å². The van der Waals surface area contributed by atoms with Gasteiger partial charge >= 0.3 is 6.09 Å². The van der Waals surface area contributed by atoms with Crippen LogP contribution in [0, 0.1) is 11.3 Å². The van der Waals surface area contributed by atoms with Crippen LogP contribution in [-0.4, -0.2) is 38.3 Å². The molecule has 3 heterocycles. The lowest BCUT2D eigenvalue weighted by Crippen LogP contribution is -2.48. The second-order valence-corrected chi connectivity index (χ2v) is 7.64. The van der Waals surface area contributed by atoms with Gasteiger partial charge < -0.3 is 9.47 Å². The van der Waals surface area contributed by atoms with Crippen molar-refractivity contribution in [3.63, 3.8) is 0 Å². The summed E-state index contributed by atoms with van der Waals surface area (Å²) in [7, 11) is 0. The van der Waals surface area contributed by atoms with Crippen LogP contribution in [0.4, 0.5) is 10.6 Å². The van der Waals surface area contributed by atoms with E-state index in [1.807, 2.05) is 10.6 Å². The van der Waals surface area contributed by atoms with Crippen LogP contribution < -0.4 is 10.4 Å². The maximum Gasteiger partial charge on any atom is 0.431 e. The molecule has 158 valence electrons. The number of rotatable bonds is 5. The molecule has 4 rings (SSSR count). The van der Waals surface area contributed by atoms with Gasteiger partial charge in [-0.05, 0) is 39.0 Å². The quantitative estimate of drug-likeness (QED) is 0.588. The first-order chi connectivity index (χ1) is 14.6. The SMILES string of the molecule is C=C(C)OC(=O)NN(c1nc(C#N)nc2c1ncn2C1CCCCO1)C1CCCC1. The zero-order valence-electron chi connectivity index (χ0n) is 17.0. The van der Waals surface area contributed by atoms with Crippen LogP contribution >= 0.6 is 0 Å². The number of ether oxygens (including phenoxy) is 2. The molecule has 2 aliphatic rings. The van der Waals surface area contributed by atoms with Gasteiger partial charge in [-0.2, -0.15) is 15.2 Å². The number of carbonyl (C=O) groups excluding carboxylic acids is 1. The number of anilines is 1. The fraction of sp³-hybridized carbons (Fsp3) is 0.550. The molecule has 2 fully saturated rings. The Bertz CT molecular complexity index is 984. The summed E-state index contributed by atoms with van der Waals surface area (Å²) >= 11 is 0. The zero-order chi connectivity index (χ0) is 21.1. The molecule has 10 nitrogen and oxygen atoms in total. The third-order valence-electron chi connectivity index (χ3n) is 5.37. The van der Waals surface area contributed by atoms with E-state index < -0.39 is 6.09 Å². The van der Waals surface area contributed by atoms with E-state index in [-0.39, 0.29) is 23.9 Å². The van der Waals surface area contributed by atoms with Gasteiger partial charge in [0.25, 0.3) is 0 Å². The predicted octanol–water partition coefficient (Wildman–Crippen LogP) is 3.32. The molecule has 1 aliphatic carbocycles. The van der Waals surface area contributed by atoms with Crippen molar-refractivity contribution in [1.29, 1.82) is 5.26 Å². The summed E-state index contributed by atoms with van der Waals surface area (Å²) in [5.41, 5.74) is 3.79. The number of imidazole rings is 1. The minimum atomic E-state index is -0.658. The van der Waals surface area contributed by atoms with Crippen molar-refractivity contribution in [2.24, 2.45) is 0 Å². The molecule has 0 spiro atoms. The molecule has 1 unspecified atom stereocenters. The van der Waals surface area contributed by atoms with Gasteiger partial charge in [0.05, 0.1) is 18.1 Å². The number of hydrogen-bond acceptors (Lipinski definition) is 8. The van der Waals surface area contributed by atoms with Crippen molar-refractivity contribution in [1.82, 2.24) is 24.9 Å². The average Bonchev–Trinajstić information content (AvgIpc) is 3.41. The Morgan fingerprint density at radius 3 is 2.77 bits per heavy atom. The third-order valence-corrected chi connectivity index (χ3v) is 5.37. The highest BCUT2D eigenvalue weighted by molar-refractivity contribution is 5.85. The number of fused-ring (bicyclic) bond motifs is 1. The van der Waals surface area contributed by atoms with Gasteiger partial charge in [0.15, 0.2) is 17.0 Å². The minimum Gasteiger partial charge on any atom is -0.415 e. The van der Waals surface area contributed by atoms with E-state index in [2.05, 4.69) is 27.0 Å². The highest BCUT2D eigenvalue weighted by Gasteiger charge is 2.30. The lowest BCUT2D eigenvalue weighted by Gasteiger charge is -2.30. The van der Waals surface area contributed by atoms with E-state index in [0.717, 1.165) is 44.9 Å². The van der Waals surface area contributed by atoms with Crippen molar-refractivity contribution in [3.8, 4) is 6.07 Å². The number of nitrogens with one attached hydrogen (secondary N) is 1. The normalized spacial score (nSPS) is 19.4. The molecular formula is C20H25N7O3. The van der Waals surface area contributed by atoms with Gasteiger partial charge in [0.2, 0.25) is 5.82 Å². The standard InChI is InChI=1S/C20H25N7O3/c1-13(2)30-20(28)25-27(14-7-3-4-8-14)19-17-18(23-15(11-21)24-19)26(12-22-17)16-9-5-6-10-29-16/h12,14,16H,1,3-10H2,2H3,(H,25,28). The Hall–Kier alpha value is -3.19. The summed E-state index contributed by atoms with van der Waals surface area (Å²) < 4.78 is 12.8. The third kappa shape index (κ3) is 4.07. The van der Waals surface area contributed by atoms with Crippen LogP contribution in [0.2, 0.25) is 0 Å². The number of nitrogens with zero attached hydrogens (tertiary/aromatic N) is 6. The molecular weight excluding hydrogens is 386 g/mol. The molecule has 30 heavy (non-hydrogen) atoms. The van der Waals surface area contributed by atoms with Crippen LogP contribution in [0.5, 0.6) is 0 Å². The molecule has 1 saturated heterocycles. The van der Waals surface area contributed by atoms with Crippen LogP contribution in [0.25, 0.3) is 11.2 Å².